The van der Waals surface area contributed by atoms with Crippen molar-refractivity contribution in [3.05, 3.63) is 52.3 Å². The van der Waals surface area contributed by atoms with Crippen molar-refractivity contribution < 1.29 is 17.9 Å². The normalized spacial score (nSPS) is 12.5. The number of aryl methyl sites for hydroxylation is 2. The van der Waals surface area contributed by atoms with Gasteiger partial charge in [-0.25, -0.2) is 8.42 Å². The number of ether oxygens (including phenoxy) is 1. The number of hydrogen-bond acceptors (Lipinski definition) is 5. The first-order chi connectivity index (χ1) is 12.8. The van der Waals surface area contributed by atoms with Gasteiger partial charge in [-0.3, -0.25) is 4.79 Å². The van der Waals surface area contributed by atoms with Crippen molar-refractivity contribution >= 4 is 37.3 Å². The van der Waals surface area contributed by atoms with Crippen LogP contribution in [0, 0.1) is 6.92 Å². The third-order valence-corrected chi connectivity index (χ3v) is 7.38. The quantitative estimate of drug-likeness (QED) is 0.669. The van der Waals surface area contributed by atoms with Crippen LogP contribution < -0.4 is 9.54 Å². The molecule has 1 heterocycles. The lowest BCUT2D eigenvalue weighted by Crippen LogP contribution is -2.13. The fourth-order valence-corrected chi connectivity index (χ4v) is 4.73. The molecule has 0 saturated heterocycles. The summed E-state index contributed by atoms with van der Waals surface area (Å²) in [6, 6.07) is 9.74. The molecule has 27 heavy (non-hydrogen) atoms. The first-order valence-corrected chi connectivity index (χ1v) is 10.8. The topological polar surface area (TPSA) is 77.7 Å². The number of methoxy groups -OCH3 is 1. The molecule has 8 heteroatoms. The predicted octanol–water partition coefficient (Wildman–Crippen LogP) is 3.09. The summed E-state index contributed by atoms with van der Waals surface area (Å²) in [6.07, 6.45) is 0. The average molecular weight is 405 g/mol. The number of aromatic nitrogens is 1. The number of carbonyl (C=O) groups excluding carboxylic acids is 1. The zero-order chi connectivity index (χ0) is 19.8. The van der Waals surface area contributed by atoms with Crippen molar-refractivity contribution in [1.29, 1.82) is 0 Å². The largest absolute Gasteiger partial charge is 0.495 e. The van der Waals surface area contributed by atoms with Gasteiger partial charge in [0, 0.05) is 12.6 Å². The lowest BCUT2D eigenvalue weighted by atomic mass is 10.2. The van der Waals surface area contributed by atoms with Crippen LogP contribution in [0.4, 0.5) is 0 Å². The van der Waals surface area contributed by atoms with Crippen LogP contribution in [-0.4, -0.2) is 31.8 Å². The SMILES string of the molecule is CCS(=O)(=O)c1ccc(C(=O)N=c2sc3c(C)ccc(OC)c3n2C)cc1. The van der Waals surface area contributed by atoms with Crippen molar-refractivity contribution in [3.63, 3.8) is 0 Å². The molecule has 6 nitrogen and oxygen atoms in total. The van der Waals surface area contributed by atoms with E-state index < -0.39 is 15.7 Å². The minimum absolute atomic E-state index is 0.0173. The summed E-state index contributed by atoms with van der Waals surface area (Å²) < 4.78 is 32.0. The smallest absolute Gasteiger partial charge is 0.279 e. The third kappa shape index (κ3) is 3.54. The first-order valence-electron chi connectivity index (χ1n) is 8.33. The average Bonchev–Trinajstić information content (AvgIpc) is 3.00. The first kappa shape index (κ1) is 19.3. The van der Waals surface area contributed by atoms with E-state index in [9.17, 15) is 13.2 Å². The van der Waals surface area contributed by atoms with E-state index in [-0.39, 0.29) is 10.6 Å². The van der Waals surface area contributed by atoms with E-state index in [0.29, 0.717) is 10.4 Å². The molecule has 3 rings (SSSR count). The summed E-state index contributed by atoms with van der Waals surface area (Å²) in [5, 5.41) is 0. The Morgan fingerprint density at radius 2 is 1.85 bits per heavy atom. The molecule has 0 spiro atoms. The van der Waals surface area contributed by atoms with E-state index in [4.69, 9.17) is 4.74 Å². The summed E-state index contributed by atoms with van der Waals surface area (Å²) in [5.74, 6) is 0.315. The molecule has 0 radical (unpaired) electrons. The fraction of sp³-hybridized carbons (Fsp3) is 0.263. The highest BCUT2D eigenvalue weighted by Crippen LogP contribution is 2.29. The molecule has 1 amide bonds. The van der Waals surface area contributed by atoms with Crippen molar-refractivity contribution in [2.45, 2.75) is 18.7 Å². The second kappa shape index (κ2) is 7.28. The predicted molar refractivity (Wildman–Crippen MR) is 106 cm³/mol. The Labute approximate surface area is 161 Å². The molecule has 0 aliphatic heterocycles. The van der Waals surface area contributed by atoms with Gasteiger partial charge in [-0.15, -0.1) is 0 Å². The number of amides is 1. The molecule has 0 N–H and O–H groups in total. The Hall–Kier alpha value is -2.45. The van der Waals surface area contributed by atoms with Crippen LogP contribution in [-0.2, 0) is 16.9 Å². The summed E-state index contributed by atoms with van der Waals surface area (Å²) in [5.41, 5.74) is 2.30. The van der Waals surface area contributed by atoms with Crippen LogP contribution in [0.2, 0.25) is 0 Å². The maximum Gasteiger partial charge on any atom is 0.279 e. The molecule has 0 unspecified atom stereocenters. The van der Waals surface area contributed by atoms with E-state index in [1.807, 2.05) is 30.7 Å². The zero-order valence-corrected chi connectivity index (χ0v) is 17.1. The van der Waals surface area contributed by atoms with E-state index >= 15 is 0 Å². The van der Waals surface area contributed by atoms with Gasteiger partial charge in [0.25, 0.3) is 5.91 Å². The van der Waals surface area contributed by atoms with Crippen molar-refractivity contribution in [2.24, 2.45) is 12.0 Å². The van der Waals surface area contributed by atoms with Crippen LogP contribution in [0.1, 0.15) is 22.8 Å². The lowest BCUT2D eigenvalue weighted by molar-refractivity contribution is 0.0998. The van der Waals surface area contributed by atoms with E-state index in [2.05, 4.69) is 4.99 Å². The number of fused-ring (bicyclic) bond motifs is 1. The lowest BCUT2D eigenvalue weighted by Gasteiger charge is -2.05. The van der Waals surface area contributed by atoms with Crippen molar-refractivity contribution in [2.75, 3.05) is 12.9 Å². The van der Waals surface area contributed by atoms with Gasteiger partial charge in [0.05, 0.1) is 22.5 Å². The number of sulfone groups is 1. The molecule has 0 saturated carbocycles. The highest BCUT2D eigenvalue weighted by Gasteiger charge is 2.14. The van der Waals surface area contributed by atoms with Gasteiger partial charge in [-0.2, -0.15) is 4.99 Å². The molecular weight excluding hydrogens is 384 g/mol. The number of nitrogens with zero attached hydrogens (tertiary/aromatic N) is 2. The summed E-state index contributed by atoms with van der Waals surface area (Å²) in [7, 11) is 0.150. The Balaban J connectivity index is 2.06. The zero-order valence-electron chi connectivity index (χ0n) is 15.5. The standard InChI is InChI=1S/C19H20N2O4S2/c1-5-27(23,24)14-9-7-13(8-10-14)18(22)20-19-21(3)16-15(25-4)11-6-12(2)17(16)26-19/h6-11H,5H2,1-4H3. The van der Waals surface area contributed by atoms with E-state index in [0.717, 1.165) is 21.5 Å². The van der Waals surface area contributed by atoms with E-state index in [1.54, 1.807) is 14.0 Å². The Morgan fingerprint density at radius 3 is 2.44 bits per heavy atom. The molecule has 1 aromatic heterocycles. The summed E-state index contributed by atoms with van der Waals surface area (Å²) in [4.78, 5) is 17.5. The van der Waals surface area contributed by atoms with Gasteiger partial charge in [-0.1, -0.05) is 24.3 Å². The highest BCUT2D eigenvalue weighted by molar-refractivity contribution is 7.91. The Kier molecular flexibility index (Phi) is 5.21. The second-order valence-corrected chi connectivity index (χ2v) is 9.31. The molecule has 2 aromatic carbocycles. The van der Waals surface area contributed by atoms with Crippen LogP contribution in [0.3, 0.4) is 0 Å². The van der Waals surface area contributed by atoms with Gasteiger partial charge in [-0.05, 0) is 42.8 Å². The second-order valence-electron chi connectivity index (χ2n) is 6.05. The summed E-state index contributed by atoms with van der Waals surface area (Å²) in [6.45, 7) is 3.58. The fourth-order valence-electron chi connectivity index (χ4n) is 2.74. The minimum atomic E-state index is -3.29. The monoisotopic (exact) mass is 404 g/mol. The Bertz CT molecular complexity index is 1190. The number of benzene rings is 2. The molecule has 142 valence electrons. The molecular formula is C19H20N2O4S2. The Morgan fingerprint density at radius 1 is 1.19 bits per heavy atom. The molecule has 0 atom stereocenters. The van der Waals surface area contributed by atoms with Crippen LogP contribution >= 0.6 is 11.3 Å². The summed E-state index contributed by atoms with van der Waals surface area (Å²) >= 11 is 1.41. The van der Waals surface area contributed by atoms with Gasteiger partial charge in [0.1, 0.15) is 11.3 Å². The van der Waals surface area contributed by atoms with Crippen molar-refractivity contribution in [3.8, 4) is 5.75 Å². The maximum absolute atomic E-state index is 12.6. The maximum atomic E-state index is 12.6. The van der Waals surface area contributed by atoms with Gasteiger partial charge < -0.3 is 9.30 Å². The molecule has 0 fully saturated rings. The van der Waals surface area contributed by atoms with Crippen LogP contribution in [0.5, 0.6) is 5.75 Å². The number of rotatable bonds is 4. The van der Waals surface area contributed by atoms with Crippen molar-refractivity contribution in [1.82, 2.24) is 4.57 Å². The molecule has 0 aliphatic carbocycles. The number of thiazole rings is 1. The molecule has 0 aliphatic rings. The van der Waals surface area contributed by atoms with Gasteiger partial charge in [0.2, 0.25) is 0 Å². The van der Waals surface area contributed by atoms with Crippen LogP contribution in [0.15, 0.2) is 46.3 Å². The minimum Gasteiger partial charge on any atom is -0.495 e. The third-order valence-electron chi connectivity index (χ3n) is 4.36. The highest BCUT2D eigenvalue weighted by atomic mass is 32.2. The van der Waals surface area contributed by atoms with Crippen LogP contribution in [0.25, 0.3) is 10.2 Å². The molecule has 3 aromatic rings. The number of carbonyl (C=O) groups is 1. The van der Waals surface area contributed by atoms with E-state index in [1.165, 1.54) is 35.6 Å². The van der Waals surface area contributed by atoms with Gasteiger partial charge in [0.15, 0.2) is 14.6 Å². The van der Waals surface area contributed by atoms with Gasteiger partial charge >= 0.3 is 0 Å². The number of hydrogen-bond donors (Lipinski definition) is 0. The molecule has 0 bridgehead atoms.